The van der Waals surface area contributed by atoms with Gasteiger partial charge in [0, 0.05) is 47.9 Å². The van der Waals surface area contributed by atoms with Crippen LogP contribution in [0.15, 0.2) is 72.8 Å². The van der Waals surface area contributed by atoms with Gasteiger partial charge in [-0.1, -0.05) is 60.2 Å². The van der Waals surface area contributed by atoms with Crippen molar-refractivity contribution in [3.05, 3.63) is 94.5 Å². The van der Waals surface area contributed by atoms with Gasteiger partial charge in [-0.2, -0.15) is 0 Å². The Morgan fingerprint density at radius 2 is 1.31 bits per heavy atom. The lowest BCUT2D eigenvalue weighted by Gasteiger charge is -2.43. The Hall–Kier alpha value is -2.99. The minimum absolute atomic E-state index is 0.0715. The van der Waals surface area contributed by atoms with Gasteiger partial charge in [-0.05, 0) is 36.8 Å². The van der Waals surface area contributed by atoms with E-state index in [1.54, 1.807) is 21.3 Å². The van der Waals surface area contributed by atoms with Crippen molar-refractivity contribution in [3.8, 4) is 17.2 Å². The monoisotopic (exact) mass is 492 g/mol. The Labute approximate surface area is 213 Å². The molecule has 0 N–H and O–H groups in total. The lowest BCUT2D eigenvalue weighted by atomic mass is 10.1. The van der Waals surface area contributed by atoms with Crippen LogP contribution < -0.4 is 14.2 Å². The molecule has 0 aromatic heterocycles. The zero-order valence-corrected chi connectivity index (χ0v) is 21.4. The molecular weight excluding hydrogens is 460 g/mol. The van der Waals surface area contributed by atoms with Crippen molar-refractivity contribution in [2.75, 3.05) is 34.4 Å². The van der Waals surface area contributed by atoms with Crippen molar-refractivity contribution in [3.63, 3.8) is 0 Å². The number of ether oxygens (including phenoxy) is 3. The minimum atomic E-state index is 0.0715. The predicted molar refractivity (Wildman–Crippen MR) is 142 cm³/mol. The van der Waals surface area contributed by atoms with Crippen LogP contribution in [0.5, 0.6) is 17.2 Å². The molecule has 1 saturated heterocycles. The van der Waals surface area contributed by atoms with E-state index in [4.69, 9.17) is 25.8 Å². The van der Waals surface area contributed by atoms with E-state index < -0.39 is 0 Å². The summed E-state index contributed by atoms with van der Waals surface area (Å²) in [5.41, 5.74) is 3.31. The molecule has 6 heteroatoms. The highest BCUT2D eigenvalue weighted by Crippen LogP contribution is 2.29. The van der Waals surface area contributed by atoms with Crippen LogP contribution in [0, 0.1) is 0 Å². The molecule has 4 rings (SSSR count). The van der Waals surface area contributed by atoms with Crippen LogP contribution in [-0.2, 0) is 13.1 Å². The summed E-state index contributed by atoms with van der Waals surface area (Å²) < 4.78 is 16.9. The van der Waals surface area contributed by atoms with E-state index in [-0.39, 0.29) is 6.17 Å². The minimum Gasteiger partial charge on any atom is -0.496 e. The van der Waals surface area contributed by atoms with E-state index in [1.807, 2.05) is 42.5 Å². The third-order valence-corrected chi connectivity index (χ3v) is 6.65. The molecule has 5 nitrogen and oxygen atoms in total. The first-order valence-corrected chi connectivity index (χ1v) is 12.2. The number of benzene rings is 3. The predicted octanol–water partition coefficient (Wildman–Crippen LogP) is 6.11. The normalized spacial score (nSPS) is 15.4. The summed E-state index contributed by atoms with van der Waals surface area (Å²) in [4.78, 5) is 4.98. The number of nitrogens with zero attached hydrogens (tertiary/aromatic N) is 2. The quantitative estimate of drug-likeness (QED) is 0.360. The molecule has 3 aromatic rings. The molecule has 0 radical (unpaired) electrons. The van der Waals surface area contributed by atoms with Gasteiger partial charge in [0.15, 0.2) is 0 Å². The average Bonchev–Trinajstić information content (AvgIpc) is 2.89. The van der Waals surface area contributed by atoms with Crippen LogP contribution in [0.1, 0.15) is 23.1 Å². The maximum atomic E-state index is 6.30. The van der Waals surface area contributed by atoms with E-state index in [0.717, 1.165) is 55.4 Å². The van der Waals surface area contributed by atoms with Crippen molar-refractivity contribution in [1.82, 2.24) is 9.80 Å². The molecule has 1 heterocycles. The van der Waals surface area contributed by atoms with Gasteiger partial charge in [0.05, 0.1) is 27.5 Å². The van der Waals surface area contributed by atoms with Crippen LogP contribution in [0.25, 0.3) is 6.08 Å². The number of hydrogen-bond donors (Lipinski definition) is 0. The first-order valence-electron chi connectivity index (χ1n) is 11.9. The summed E-state index contributed by atoms with van der Waals surface area (Å²) in [5.74, 6) is 2.62. The summed E-state index contributed by atoms with van der Waals surface area (Å²) in [7, 11) is 5.14. The van der Waals surface area contributed by atoms with E-state index in [9.17, 15) is 0 Å². The molecule has 1 aliphatic rings. The maximum Gasteiger partial charge on any atom is 0.126 e. The van der Waals surface area contributed by atoms with Crippen molar-refractivity contribution >= 4 is 17.7 Å². The molecule has 0 amide bonds. The van der Waals surface area contributed by atoms with Gasteiger partial charge in [-0.25, -0.2) is 0 Å². The van der Waals surface area contributed by atoms with Crippen LogP contribution >= 0.6 is 11.6 Å². The molecule has 0 spiro atoms. The van der Waals surface area contributed by atoms with E-state index >= 15 is 0 Å². The third kappa shape index (κ3) is 6.17. The van der Waals surface area contributed by atoms with Crippen molar-refractivity contribution < 1.29 is 14.2 Å². The SMILES string of the molecule is COc1ccc(Cl)cc1C=CC1N(Cc2ccccc2OC)CCCN1Cc1ccccc1OC. The maximum absolute atomic E-state index is 6.30. The Balaban J connectivity index is 1.67. The number of hydrogen-bond acceptors (Lipinski definition) is 5. The molecule has 35 heavy (non-hydrogen) atoms. The van der Waals surface area contributed by atoms with Gasteiger partial charge in [0.1, 0.15) is 17.2 Å². The van der Waals surface area contributed by atoms with Gasteiger partial charge in [0.2, 0.25) is 0 Å². The summed E-state index contributed by atoms with van der Waals surface area (Å²) in [6.45, 7) is 3.55. The molecule has 1 fully saturated rings. The number of halogens is 1. The summed E-state index contributed by atoms with van der Waals surface area (Å²) in [5, 5.41) is 0.686. The number of rotatable bonds is 9. The first kappa shape index (κ1) is 25.1. The highest BCUT2D eigenvalue weighted by Gasteiger charge is 2.28. The lowest BCUT2D eigenvalue weighted by Crippen LogP contribution is -2.51. The zero-order valence-electron chi connectivity index (χ0n) is 20.6. The molecule has 0 saturated carbocycles. The second-order valence-corrected chi connectivity index (χ2v) is 9.01. The smallest absolute Gasteiger partial charge is 0.126 e. The molecule has 0 bridgehead atoms. The third-order valence-electron chi connectivity index (χ3n) is 6.41. The lowest BCUT2D eigenvalue weighted by molar-refractivity contribution is 0.0228. The molecule has 0 atom stereocenters. The van der Waals surface area contributed by atoms with E-state index in [2.05, 4.69) is 46.2 Å². The molecule has 0 aliphatic carbocycles. The highest BCUT2D eigenvalue weighted by atomic mass is 35.5. The Morgan fingerprint density at radius 3 is 1.86 bits per heavy atom. The summed E-state index contributed by atoms with van der Waals surface area (Å²) in [6, 6.07) is 22.2. The van der Waals surface area contributed by atoms with Crippen LogP contribution in [-0.4, -0.2) is 50.4 Å². The first-order chi connectivity index (χ1) is 17.1. The van der Waals surface area contributed by atoms with Crippen LogP contribution in [0.3, 0.4) is 0 Å². The fourth-order valence-electron chi connectivity index (χ4n) is 4.69. The van der Waals surface area contributed by atoms with Gasteiger partial charge >= 0.3 is 0 Å². The molecule has 3 aromatic carbocycles. The second kappa shape index (κ2) is 12.1. The van der Waals surface area contributed by atoms with Crippen LogP contribution in [0.4, 0.5) is 0 Å². The Morgan fingerprint density at radius 1 is 0.771 bits per heavy atom. The van der Waals surface area contributed by atoms with Crippen molar-refractivity contribution in [1.29, 1.82) is 0 Å². The van der Waals surface area contributed by atoms with Gasteiger partial charge in [-0.15, -0.1) is 0 Å². The van der Waals surface area contributed by atoms with Gasteiger partial charge in [-0.3, -0.25) is 9.80 Å². The average molecular weight is 493 g/mol. The summed E-state index contributed by atoms with van der Waals surface area (Å²) >= 11 is 6.30. The van der Waals surface area contributed by atoms with Gasteiger partial charge < -0.3 is 14.2 Å². The van der Waals surface area contributed by atoms with E-state index in [1.165, 1.54) is 11.1 Å². The number of methoxy groups -OCH3 is 3. The number of para-hydroxylation sites is 2. The standard InChI is InChI=1S/C29H33ClN2O3/c1-33-26-11-6-4-9-23(26)20-31-17-8-18-32(21-24-10-5-7-12-27(24)34-2)29(31)16-13-22-19-25(30)14-15-28(22)35-3/h4-7,9-16,19,29H,8,17-18,20-21H2,1-3H3. The fourth-order valence-corrected chi connectivity index (χ4v) is 4.87. The van der Waals surface area contributed by atoms with Crippen molar-refractivity contribution in [2.45, 2.75) is 25.7 Å². The fraction of sp³-hybridized carbons (Fsp3) is 0.310. The molecular formula is C29H33ClN2O3. The van der Waals surface area contributed by atoms with Crippen LogP contribution in [0.2, 0.25) is 5.02 Å². The van der Waals surface area contributed by atoms with E-state index in [0.29, 0.717) is 5.02 Å². The molecule has 0 unspecified atom stereocenters. The summed E-state index contributed by atoms with van der Waals surface area (Å²) in [6.07, 6.45) is 5.51. The Bertz CT molecular complexity index is 1090. The van der Waals surface area contributed by atoms with Crippen molar-refractivity contribution in [2.24, 2.45) is 0 Å². The molecule has 1 aliphatic heterocycles. The Kier molecular flexibility index (Phi) is 8.69. The molecule has 184 valence electrons. The zero-order chi connectivity index (χ0) is 24.6. The second-order valence-electron chi connectivity index (χ2n) is 8.58. The largest absolute Gasteiger partial charge is 0.496 e. The van der Waals surface area contributed by atoms with Gasteiger partial charge in [0.25, 0.3) is 0 Å². The topological polar surface area (TPSA) is 34.2 Å². The highest BCUT2D eigenvalue weighted by molar-refractivity contribution is 6.30.